The molecule has 0 bridgehead atoms. The molecule has 0 saturated heterocycles. The molecule has 4 aromatic rings. The first-order valence-electron chi connectivity index (χ1n) is 10.8. The largest absolute Gasteiger partial charge is 0.573 e. The summed E-state index contributed by atoms with van der Waals surface area (Å²) < 4.78 is 43.8. The van der Waals surface area contributed by atoms with Crippen molar-refractivity contribution in [3.8, 4) is 17.0 Å². The van der Waals surface area contributed by atoms with Gasteiger partial charge in [-0.1, -0.05) is 55.4 Å². The number of unbranched alkanes of at least 4 members (excludes halogenated alkanes) is 2. The van der Waals surface area contributed by atoms with E-state index in [1.165, 1.54) is 37.0 Å². The molecule has 10 heteroatoms. The zero-order chi connectivity index (χ0) is 23.4. The lowest BCUT2D eigenvalue weighted by atomic mass is 10.0. The Balaban J connectivity index is 1.49. The van der Waals surface area contributed by atoms with Gasteiger partial charge in [0.15, 0.2) is 4.80 Å². The van der Waals surface area contributed by atoms with Gasteiger partial charge in [-0.2, -0.15) is 15.4 Å². The van der Waals surface area contributed by atoms with Crippen LogP contribution in [-0.2, 0) is 19.4 Å². The molecule has 174 valence electrons. The van der Waals surface area contributed by atoms with Crippen molar-refractivity contribution in [1.29, 1.82) is 5.41 Å². The van der Waals surface area contributed by atoms with Crippen molar-refractivity contribution >= 4 is 21.6 Å². The maximum Gasteiger partial charge on any atom is 0.573 e. The number of aromatic amines is 1. The molecule has 0 unspecified atom stereocenters. The van der Waals surface area contributed by atoms with E-state index in [0.717, 1.165) is 34.7 Å². The van der Waals surface area contributed by atoms with E-state index >= 15 is 0 Å². The predicted octanol–water partition coefficient (Wildman–Crippen LogP) is 5.84. The van der Waals surface area contributed by atoms with Crippen molar-refractivity contribution in [3.05, 3.63) is 58.5 Å². The number of fused-ring (bicyclic) bond motifs is 1. The molecule has 0 fully saturated rings. The summed E-state index contributed by atoms with van der Waals surface area (Å²) in [7, 11) is 0. The number of aryl methyl sites for hydroxylation is 3. The summed E-state index contributed by atoms with van der Waals surface area (Å²) in [4.78, 5) is 0.246. The minimum Gasteiger partial charge on any atom is -0.406 e. The zero-order valence-corrected chi connectivity index (χ0v) is 18.9. The number of ether oxygens (including phenoxy) is 1. The number of thiazole rings is 1. The van der Waals surface area contributed by atoms with Crippen LogP contribution < -0.4 is 9.54 Å². The average Bonchev–Trinajstić information content (AvgIpc) is 3.35. The molecule has 2 aromatic heterocycles. The van der Waals surface area contributed by atoms with Gasteiger partial charge in [0.1, 0.15) is 11.4 Å². The number of nitrogens with zero attached hydrogens (tertiary/aromatic N) is 3. The van der Waals surface area contributed by atoms with E-state index in [9.17, 15) is 13.2 Å². The lowest BCUT2D eigenvalue weighted by Crippen LogP contribution is -2.17. The molecule has 4 rings (SSSR count). The van der Waals surface area contributed by atoms with E-state index in [4.69, 9.17) is 5.41 Å². The molecule has 2 aromatic carbocycles. The van der Waals surface area contributed by atoms with Gasteiger partial charge >= 0.3 is 6.36 Å². The maximum atomic E-state index is 12.5. The van der Waals surface area contributed by atoms with Gasteiger partial charge < -0.3 is 9.30 Å². The summed E-state index contributed by atoms with van der Waals surface area (Å²) >= 11 is 1.10. The quantitative estimate of drug-likeness (QED) is 0.299. The molecule has 0 aliphatic heterocycles. The van der Waals surface area contributed by atoms with E-state index in [1.54, 1.807) is 10.6 Å². The fourth-order valence-corrected chi connectivity index (χ4v) is 4.74. The number of rotatable bonds is 9. The minimum absolute atomic E-state index is 0.246. The van der Waals surface area contributed by atoms with Crippen LogP contribution >= 0.6 is 11.3 Å². The molecule has 0 radical (unpaired) electrons. The molecular formula is C23H24F3N5OS. The van der Waals surface area contributed by atoms with Gasteiger partial charge in [-0.3, -0.25) is 5.41 Å². The Labute approximate surface area is 192 Å². The number of alkyl halides is 3. The van der Waals surface area contributed by atoms with Gasteiger partial charge in [0.2, 0.25) is 0 Å². The summed E-state index contributed by atoms with van der Waals surface area (Å²) in [5.74, 6) is -0.291. The Kier molecular flexibility index (Phi) is 6.83. The van der Waals surface area contributed by atoms with Gasteiger partial charge in [0, 0.05) is 18.5 Å². The Hall–Kier alpha value is -3.14. The second-order valence-electron chi connectivity index (χ2n) is 7.76. The Morgan fingerprint density at radius 2 is 1.85 bits per heavy atom. The smallest absolute Gasteiger partial charge is 0.406 e. The van der Waals surface area contributed by atoms with Crippen LogP contribution in [0.25, 0.3) is 21.5 Å². The van der Waals surface area contributed by atoms with Crippen LogP contribution in [0, 0.1) is 5.41 Å². The van der Waals surface area contributed by atoms with Crippen LogP contribution in [-0.4, -0.2) is 26.3 Å². The van der Waals surface area contributed by atoms with Crippen molar-refractivity contribution in [1.82, 2.24) is 20.0 Å². The van der Waals surface area contributed by atoms with Gasteiger partial charge in [-0.25, -0.2) is 0 Å². The lowest BCUT2D eigenvalue weighted by molar-refractivity contribution is -0.274. The molecule has 33 heavy (non-hydrogen) atoms. The Morgan fingerprint density at radius 1 is 1.06 bits per heavy atom. The summed E-state index contributed by atoms with van der Waals surface area (Å²) in [5.41, 5.74) is 4.49. The molecular weight excluding hydrogens is 451 g/mol. The summed E-state index contributed by atoms with van der Waals surface area (Å²) in [6, 6.07) is 12.5. The second-order valence-corrected chi connectivity index (χ2v) is 8.79. The Morgan fingerprint density at radius 3 is 2.58 bits per heavy atom. The number of H-pyrrole nitrogens is 1. The van der Waals surface area contributed by atoms with E-state index < -0.39 is 6.36 Å². The first-order valence-corrected chi connectivity index (χ1v) is 11.6. The third-order valence-electron chi connectivity index (χ3n) is 5.40. The van der Waals surface area contributed by atoms with Crippen molar-refractivity contribution in [3.63, 3.8) is 0 Å². The minimum atomic E-state index is -4.75. The third-order valence-corrected chi connectivity index (χ3v) is 6.36. The molecule has 0 aliphatic rings. The maximum absolute atomic E-state index is 12.5. The molecule has 2 N–H and O–H groups in total. The van der Waals surface area contributed by atoms with Crippen LogP contribution in [0.15, 0.2) is 42.5 Å². The first-order chi connectivity index (χ1) is 15.8. The first kappa shape index (κ1) is 23.0. The molecule has 6 nitrogen and oxygen atoms in total. The summed E-state index contributed by atoms with van der Waals surface area (Å²) in [5, 5.41) is 19.5. The van der Waals surface area contributed by atoms with Gasteiger partial charge in [0.05, 0.1) is 15.9 Å². The van der Waals surface area contributed by atoms with Crippen molar-refractivity contribution in [2.45, 2.75) is 51.9 Å². The van der Waals surface area contributed by atoms with Crippen LogP contribution in [0.4, 0.5) is 13.2 Å². The van der Waals surface area contributed by atoms with Gasteiger partial charge in [-0.05, 0) is 36.6 Å². The number of benzene rings is 2. The van der Waals surface area contributed by atoms with Crippen LogP contribution in [0.1, 0.15) is 37.4 Å². The number of hydrogen-bond acceptors (Lipinski definition) is 5. The summed E-state index contributed by atoms with van der Waals surface area (Å²) in [6.45, 7) is 2.64. The molecule has 2 heterocycles. The second kappa shape index (κ2) is 9.78. The van der Waals surface area contributed by atoms with E-state index in [2.05, 4.69) is 39.2 Å². The number of hydrogen-bond donors (Lipinski definition) is 2. The average molecular weight is 476 g/mol. The molecule has 0 amide bonds. The van der Waals surface area contributed by atoms with Crippen molar-refractivity contribution in [2.24, 2.45) is 0 Å². The zero-order valence-electron chi connectivity index (χ0n) is 18.1. The van der Waals surface area contributed by atoms with Crippen molar-refractivity contribution < 1.29 is 17.9 Å². The molecule has 0 saturated carbocycles. The highest BCUT2D eigenvalue weighted by Gasteiger charge is 2.31. The third kappa shape index (κ3) is 5.62. The van der Waals surface area contributed by atoms with E-state index in [-0.39, 0.29) is 10.6 Å². The highest BCUT2D eigenvalue weighted by atomic mass is 32.1. The number of halogens is 3. The van der Waals surface area contributed by atoms with Crippen LogP contribution in [0.2, 0.25) is 0 Å². The van der Waals surface area contributed by atoms with Crippen molar-refractivity contribution in [2.75, 3.05) is 0 Å². The normalized spacial score (nSPS) is 11.9. The molecule has 0 aliphatic carbocycles. The number of nitrogens with one attached hydrogen (secondary N) is 2. The lowest BCUT2D eigenvalue weighted by Gasteiger charge is -2.09. The fraction of sp³-hybridized carbons (Fsp3) is 0.348. The highest BCUT2D eigenvalue weighted by Crippen LogP contribution is 2.28. The van der Waals surface area contributed by atoms with E-state index in [1.807, 2.05) is 12.1 Å². The van der Waals surface area contributed by atoms with E-state index in [0.29, 0.717) is 23.2 Å². The standard InChI is InChI=1S/C23H24F3N5OS/c1-2-3-4-5-15-6-8-16(9-7-15)21-18(28-30-29-21)12-13-31-19-11-10-17(32-23(24,25)26)14-20(19)33-22(31)27/h6-11,14,27H,2-5,12-13H2,1H3,(H,28,29,30). The van der Waals surface area contributed by atoms with Crippen LogP contribution in [0.5, 0.6) is 5.75 Å². The monoisotopic (exact) mass is 475 g/mol. The Bertz CT molecular complexity index is 1270. The highest BCUT2D eigenvalue weighted by molar-refractivity contribution is 7.16. The number of aromatic nitrogens is 4. The predicted molar refractivity (Wildman–Crippen MR) is 121 cm³/mol. The molecule has 0 spiro atoms. The topological polar surface area (TPSA) is 79.6 Å². The fourth-order valence-electron chi connectivity index (χ4n) is 3.77. The SMILES string of the molecule is CCCCCc1ccc(-c2n[nH]nc2CCn2c(=N)sc3cc(OC(F)(F)F)ccc32)cc1. The van der Waals surface area contributed by atoms with Gasteiger partial charge in [-0.15, -0.1) is 13.2 Å². The molecule has 0 atom stereocenters. The van der Waals surface area contributed by atoms with Gasteiger partial charge in [0.25, 0.3) is 0 Å². The summed E-state index contributed by atoms with van der Waals surface area (Å²) in [6.07, 6.45) is 0.425. The van der Waals surface area contributed by atoms with Crippen LogP contribution in [0.3, 0.4) is 0 Å².